The number of aromatic nitrogens is 2. The number of aryl methyl sites for hydroxylation is 1. The van der Waals surface area contributed by atoms with E-state index in [4.69, 9.17) is 0 Å². The number of rotatable bonds is 4. The first-order valence-corrected chi connectivity index (χ1v) is 6.63. The van der Waals surface area contributed by atoms with Crippen LogP contribution in [0.5, 0.6) is 0 Å². The van der Waals surface area contributed by atoms with E-state index in [1.54, 1.807) is 0 Å². The van der Waals surface area contributed by atoms with Gasteiger partial charge in [-0.2, -0.15) is 0 Å². The Bertz CT molecular complexity index is 339. The molecule has 0 spiro atoms. The average Bonchev–Trinajstić information content (AvgIpc) is 2.73. The summed E-state index contributed by atoms with van der Waals surface area (Å²) in [5.41, 5.74) is 0. The second-order valence-electron chi connectivity index (χ2n) is 5.30. The fourth-order valence-corrected chi connectivity index (χ4v) is 2.52. The van der Waals surface area contributed by atoms with E-state index in [-0.39, 0.29) is 0 Å². The van der Waals surface area contributed by atoms with Crippen molar-refractivity contribution < 1.29 is 0 Å². The van der Waals surface area contributed by atoms with Gasteiger partial charge < -0.3 is 14.8 Å². The van der Waals surface area contributed by atoms with Crippen molar-refractivity contribution in [3.63, 3.8) is 0 Å². The maximum absolute atomic E-state index is 4.47. The maximum atomic E-state index is 4.47. The van der Waals surface area contributed by atoms with Gasteiger partial charge in [-0.25, -0.2) is 4.98 Å². The Morgan fingerprint density at radius 1 is 1.59 bits per heavy atom. The minimum Gasteiger partial charge on any atom is -0.340 e. The third kappa shape index (κ3) is 3.00. The van der Waals surface area contributed by atoms with Gasteiger partial charge in [0.15, 0.2) is 0 Å². The highest BCUT2D eigenvalue weighted by atomic mass is 15.3. The van der Waals surface area contributed by atoms with Crippen molar-refractivity contribution in [2.75, 3.05) is 24.5 Å². The molecule has 0 saturated carbocycles. The Morgan fingerprint density at radius 3 is 2.94 bits per heavy atom. The Balaban J connectivity index is 2.05. The highest BCUT2D eigenvalue weighted by Gasteiger charge is 2.21. The summed E-state index contributed by atoms with van der Waals surface area (Å²) in [6, 6.07) is 0.498. The van der Waals surface area contributed by atoms with E-state index >= 15 is 0 Å². The van der Waals surface area contributed by atoms with E-state index in [2.05, 4.69) is 40.7 Å². The summed E-state index contributed by atoms with van der Waals surface area (Å²) in [6.45, 7) is 7.92. The Morgan fingerprint density at radius 2 is 2.41 bits per heavy atom. The lowest BCUT2D eigenvalue weighted by molar-refractivity contribution is 0.368. The van der Waals surface area contributed by atoms with Crippen molar-refractivity contribution in [2.24, 2.45) is 13.0 Å². The van der Waals surface area contributed by atoms with Gasteiger partial charge in [0.25, 0.3) is 0 Å². The second-order valence-corrected chi connectivity index (χ2v) is 5.30. The topological polar surface area (TPSA) is 33.1 Å². The molecule has 1 atom stereocenters. The molecule has 0 bridgehead atoms. The molecule has 0 aliphatic carbocycles. The van der Waals surface area contributed by atoms with E-state index < -0.39 is 0 Å². The first-order valence-electron chi connectivity index (χ1n) is 6.63. The third-order valence-electron chi connectivity index (χ3n) is 3.53. The van der Waals surface area contributed by atoms with E-state index in [0.717, 1.165) is 25.0 Å². The lowest BCUT2D eigenvalue weighted by Gasteiger charge is -2.33. The van der Waals surface area contributed by atoms with Crippen LogP contribution in [0.4, 0.5) is 5.95 Å². The summed E-state index contributed by atoms with van der Waals surface area (Å²) in [4.78, 5) is 6.89. The molecule has 96 valence electrons. The van der Waals surface area contributed by atoms with Crippen molar-refractivity contribution >= 4 is 5.95 Å². The first kappa shape index (κ1) is 12.4. The van der Waals surface area contributed by atoms with Crippen LogP contribution in [0.1, 0.15) is 26.7 Å². The van der Waals surface area contributed by atoms with Gasteiger partial charge in [-0.3, -0.25) is 0 Å². The molecule has 17 heavy (non-hydrogen) atoms. The van der Waals surface area contributed by atoms with Crippen molar-refractivity contribution in [3.05, 3.63) is 12.4 Å². The Labute approximate surface area is 104 Å². The Kier molecular flexibility index (Phi) is 4.05. The smallest absolute Gasteiger partial charge is 0.205 e. The number of imidazole rings is 1. The van der Waals surface area contributed by atoms with Gasteiger partial charge in [0.1, 0.15) is 0 Å². The molecule has 1 N–H and O–H groups in total. The summed E-state index contributed by atoms with van der Waals surface area (Å²) < 4.78 is 2.11. The minimum atomic E-state index is 0.498. The zero-order valence-corrected chi connectivity index (χ0v) is 11.2. The molecule has 0 aromatic carbocycles. The largest absolute Gasteiger partial charge is 0.340 e. The highest BCUT2D eigenvalue weighted by Crippen LogP contribution is 2.19. The fourth-order valence-electron chi connectivity index (χ4n) is 2.52. The van der Waals surface area contributed by atoms with Gasteiger partial charge in [0, 0.05) is 32.0 Å². The van der Waals surface area contributed by atoms with Crippen LogP contribution in [0.2, 0.25) is 0 Å². The molecule has 1 aromatic heterocycles. The van der Waals surface area contributed by atoms with Crippen LogP contribution in [0, 0.1) is 5.92 Å². The molecule has 2 heterocycles. The van der Waals surface area contributed by atoms with Crippen LogP contribution in [0.3, 0.4) is 0 Å². The lowest BCUT2D eigenvalue weighted by Crippen LogP contribution is -2.42. The number of nitrogens with one attached hydrogen (secondary N) is 1. The summed E-state index contributed by atoms with van der Waals surface area (Å²) in [5, 5.41) is 3.49. The minimum absolute atomic E-state index is 0.498. The van der Waals surface area contributed by atoms with Gasteiger partial charge in [-0.15, -0.1) is 0 Å². The predicted octanol–water partition coefficient (Wildman–Crippen LogP) is 1.63. The monoisotopic (exact) mass is 236 g/mol. The summed E-state index contributed by atoms with van der Waals surface area (Å²) in [6.07, 6.45) is 6.53. The molecular weight excluding hydrogens is 212 g/mol. The highest BCUT2D eigenvalue weighted by molar-refractivity contribution is 5.32. The quantitative estimate of drug-likeness (QED) is 0.862. The molecule has 2 rings (SSSR count). The number of anilines is 1. The van der Waals surface area contributed by atoms with Crippen LogP contribution >= 0.6 is 0 Å². The van der Waals surface area contributed by atoms with Crippen LogP contribution < -0.4 is 10.2 Å². The number of hydrogen-bond donors (Lipinski definition) is 1. The molecule has 0 radical (unpaired) electrons. The average molecular weight is 236 g/mol. The summed E-state index contributed by atoms with van der Waals surface area (Å²) in [7, 11) is 2.07. The molecule has 4 nitrogen and oxygen atoms in total. The van der Waals surface area contributed by atoms with Crippen LogP contribution in [-0.4, -0.2) is 35.2 Å². The number of hydrogen-bond acceptors (Lipinski definition) is 3. The van der Waals surface area contributed by atoms with Crippen LogP contribution in [-0.2, 0) is 7.05 Å². The maximum Gasteiger partial charge on any atom is 0.205 e. The van der Waals surface area contributed by atoms with Gasteiger partial charge in [0.05, 0.1) is 0 Å². The van der Waals surface area contributed by atoms with E-state index in [0.29, 0.717) is 6.04 Å². The molecule has 1 aliphatic heterocycles. The zero-order chi connectivity index (χ0) is 12.3. The number of nitrogens with zero attached hydrogens (tertiary/aromatic N) is 3. The predicted molar refractivity (Wildman–Crippen MR) is 71.3 cm³/mol. The van der Waals surface area contributed by atoms with Crippen molar-refractivity contribution in [3.8, 4) is 0 Å². The second kappa shape index (κ2) is 5.54. The summed E-state index contributed by atoms with van der Waals surface area (Å²) >= 11 is 0. The summed E-state index contributed by atoms with van der Waals surface area (Å²) in [5.74, 6) is 1.84. The van der Waals surface area contributed by atoms with Crippen LogP contribution in [0.25, 0.3) is 0 Å². The molecule has 1 fully saturated rings. The molecule has 1 aliphatic rings. The van der Waals surface area contributed by atoms with E-state index in [1.165, 1.54) is 19.4 Å². The van der Waals surface area contributed by atoms with Gasteiger partial charge in [0.2, 0.25) is 5.95 Å². The number of piperidine rings is 1. The van der Waals surface area contributed by atoms with E-state index in [1.807, 2.05) is 12.4 Å². The van der Waals surface area contributed by atoms with Gasteiger partial charge >= 0.3 is 0 Å². The lowest BCUT2D eigenvalue weighted by atomic mass is 9.99. The van der Waals surface area contributed by atoms with E-state index in [9.17, 15) is 0 Å². The van der Waals surface area contributed by atoms with Crippen molar-refractivity contribution in [1.29, 1.82) is 0 Å². The SMILES string of the molecule is CC(C)N(CC1CCCNC1)c1nccn1C. The Hall–Kier alpha value is -1.03. The van der Waals surface area contributed by atoms with Gasteiger partial charge in [-0.1, -0.05) is 0 Å². The van der Waals surface area contributed by atoms with Crippen LogP contribution in [0.15, 0.2) is 12.4 Å². The molecular formula is C13H24N4. The molecule has 0 amide bonds. The first-order chi connectivity index (χ1) is 8.18. The molecule has 4 heteroatoms. The molecule has 1 aromatic rings. The molecule has 1 saturated heterocycles. The van der Waals surface area contributed by atoms with Crippen molar-refractivity contribution in [2.45, 2.75) is 32.7 Å². The van der Waals surface area contributed by atoms with Crippen molar-refractivity contribution in [1.82, 2.24) is 14.9 Å². The van der Waals surface area contributed by atoms with Gasteiger partial charge in [-0.05, 0) is 45.7 Å². The standard InChI is InChI=1S/C13H24N4/c1-11(2)17(13-15-7-8-16(13)3)10-12-5-4-6-14-9-12/h7-8,11-12,14H,4-6,9-10H2,1-3H3. The normalized spacial score (nSPS) is 20.8. The molecule has 1 unspecified atom stereocenters. The third-order valence-corrected chi connectivity index (χ3v) is 3.53. The zero-order valence-electron chi connectivity index (χ0n) is 11.2. The fraction of sp³-hybridized carbons (Fsp3) is 0.769.